The molecule has 3 heteroatoms. The van der Waals surface area contributed by atoms with Gasteiger partial charge in [-0.1, -0.05) is 22.0 Å². The molecule has 0 unspecified atom stereocenters. The molecule has 0 fully saturated rings. The number of nitrogens with zero attached hydrogens (tertiary/aromatic N) is 1. The van der Waals surface area contributed by atoms with E-state index in [1.54, 1.807) is 6.20 Å². The van der Waals surface area contributed by atoms with Crippen molar-refractivity contribution in [2.24, 2.45) is 0 Å². The first-order chi connectivity index (χ1) is 5.38. The monoisotopic (exact) mass is 215 g/mol. The molecule has 1 aromatic rings. The zero-order chi connectivity index (χ0) is 8.10. The Morgan fingerprint density at radius 2 is 2.45 bits per heavy atom. The summed E-state index contributed by atoms with van der Waals surface area (Å²) < 4.78 is 5.29. The minimum Gasteiger partial charge on any atom is -0.478 e. The van der Waals surface area contributed by atoms with Gasteiger partial charge < -0.3 is 4.74 Å². The van der Waals surface area contributed by atoms with Crippen LogP contribution in [0.3, 0.4) is 0 Å². The lowest BCUT2D eigenvalue weighted by molar-refractivity contribution is 0.324. The van der Waals surface area contributed by atoms with E-state index >= 15 is 0 Å². The average molecular weight is 216 g/mol. The SMILES string of the molecule is CCOc1ncccc1CBr. The van der Waals surface area contributed by atoms with E-state index in [1.807, 2.05) is 19.1 Å². The van der Waals surface area contributed by atoms with Crippen LogP contribution in [0.2, 0.25) is 0 Å². The van der Waals surface area contributed by atoms with Gasteiger partial charge in [0, 0.05) is 17.1 Å². The maximum atomic E-state index is 5.29. The molecule has 11 heavy (non-hydrogen) atoms. The second kappa shape index (κ2) is 4.34. The number of ether oxygens (including phenoxy) is 1. The molecule has 0 spiro atoms. The number of hydrogen-bond acceptors (Lipinski definition) is 2. The highest BCUT2D eigenvalue weighted by Gasteiger charge is 2.00. The fraction of sp³-hybridized carbons (Fsp3) is 0.375. The Morgan fingerprint density at radius 1 is 1.64 bits per heavy atom. The van der Waals surface area contributed by atoms with Gasteiger partial charge in [-0.25, -0.2) is 4.98 Å². The van der Waals surface area contributed by atoms with Crippen molar-refractivity contribution in [2.45, 2.75) is 12.3 Å². The van der Waals surface area contributed by atoms with Crippen LogP contribution in [0.1, 0.15) is 12.5 Å². The minimum absolute atomic E-state index is 0.664. The first-order valence-corrected chi connectivity index (χ1v) is 4.63. The standard InChI is InChI=1S/C8H10BrNO/c1-2-11-8-7(6-9)4-3-5-10-8/h3-5H,2,6H2,1H3. The normalized spacial score (nSPS) is 9.64. The number of hydrogen-bond donors (Lipinski definition) is 0. The lowest BCUT2D eigenvalue weighted by Crippen LogP contribution is -1.97. The lowest BCUT2D eigenvalue weighted by atomic mass is 10.3. The zero-order valence-electron chi connectivity index (χ0n) is 6.38. The van der Waals surface area contributed by atoms with E-state index in [4.69, 9.17) is 4.74 Å². The first kappa shape index (κ1) is 8.53. The van der Waals surface area contributed by atoms with Crippen molar-refractivity contribution >= 4 is 15.9 Å². The van der Waals surface area contributed by atoms with Crippen molar-refractivity contribution in [1.29, 1.82) is 0 Å². The fourth-order valence-electron chi connectivity index (χ4n) is 0.793. The van der Waals surface area contributed by atoms with Gasteiger partial charge >= 0.3 is 0 Å². The van der Waals surface area contributed by atoms with E-state index in [0.29, 0.717) is 6.61 Å². The number of pyridine rings is 1. The van der Waals surface area contributed by atoms with Crippen LogP contribution >= 0.6 is 15.9 Å². The molecule has 60 valence electrons. The predicted octanol–water partition coefficient (Wildman–Crippen LogP) is 2.38. The van der Waals surface area contributed by atoms with Crippen molar-refractivity contribution in [1.82, 2.24) is 4.98 Å². The Bertz CT molecular complexity index is 227. The molecule has 1 rings (SSSR count). The summed E-state index contributed by atoms with van der Waals surface area (Å²) in [6.45, 7) is 2.61. The van der Waals surface area contributed by atoms with Crippen LogP contribution in [0, 0.1) is 0 Å². The van der Waals surface area contributed by atoms with E-state index in [9.17, 15) is 0 Å². The van der Waals surface area contributed by atoms with E-state index in [0.717, 1.165) is 16.8 Å². The summed E-state index contributed by atoms with van der Waals surface area (Å²) in [5.41, 5.74) is 1.09. The molecule has 0 saturated heterocycles. The number of aromatic nitrogens is 1. The Hall–Kier alpha value is -0.570. The van der Waals surface area contributed by atoms with Gasteiger partial charge in [-0.15, -0.1) is 0 Å². The molecule has 0 aromatic carbocycles. The van der Waals surface area contributed by atoms with Crippen LogP contribution in [-0.4, -0.2) is 11.6 Å². The lowest BCUT2D eigenvalue weighted by Gasteiger charge is -2.04. The number of rotatable bonds is 3. The Kier molecular flexibility index (Phi) is 3.36. The van der Waals surface area contributed by atoms with Crippen LogP contribution in [-0.2, 0) is 5.33 Å². The molecule has 1 heterocycles. The molecule has 2 nitrogen and oxygen atoms in total. The molecule has 0 aliphatic carbocycles. The third kappa shape index (κ3) is 2.19. The van der Waals surface area contributed by atoms with Gasteiger partial charge in [0.15, 0.2) is 0 Å². The summed E-state index contributed by atoms with van der Waals surface area (Å²) in [5.74, 6) is 0.729. The van der Waals surface area contributed by atoms with Crippen LogP contribution in [0.15, 0.2) is 18.3 Å². The smallest absolute Gasteiger partial charge is 0.217 e. The van der Waals surface area contributed by atoms with Crippen molar-refractivity contribution < 1.29 is 4.74 Å². The Labute approximate surface area is 74.7 Å². The van der Waals surface area contributed by atoms with E-state index in [-0.39, 0.29) is 0 Å². The second-order valence-electron chi connectivity index (χ2n) is 2.03. The average Bonchev–Trinajstić information content (AvgIpc) is 2.06. The van der Waals surface area contributed by atoms with Crippen LogP contribution in [0.4, 0.5) is 0 Å². The van der Waals surface area contributed by atoms with Crippen molar-refractivity contribution in [3.63, 3.8) is 0 Å². The van der Waals surface area contributed by atoms with E-state index in [1.165, 1.54) is 0 Å². The minimum atomic E-state index is 0.664. The predicted molar refractivity (Wildman–Crippen MR) is 48.0 cm³/mol. The van der Waals surface area contributed by atoms with Crippen molar-refractivity contribution in [3.05, 3.63) is 23.9 Å². The molecular weight excluding hydrogens is 206 g/mol. The highest BCUT2D eigenvalue weighted by molar-refractivity contribution is 9.08. The summed E-state index contributed by atoms with van der Waals surface area (Å²) >= 11 is 3.36. The summed E-state index contributed by atoms with van der Waals surface area (Å²) in [6, 6.07) is 3.89. The maximum absolute atomic E-state index is 5.29. The Morgan fingerprint density at radius 3 is 3.09 bits per heavy atom. The van der Waals surface area contributed by atoms with Crippen molar-refractivity contribution in [2.75, 3.05) is 6.61 Å². The van der Waals surface area contributed by atoms with Gasteiger partial charge in [-0.2, -0.15) is 0 Å². The van der Waals surface area contributed by atoms with Gasteiger partial charge in [0.25, 0.3) is 0 Å². The van der Waals surface area contributed by atoms with E-state index < -0.39 is 0 Å². The van der Waals surface area contributed by atoms with Crippen LogP contribution < -0.4 is 4.74 Å². The number of alkyl halides is 1. The molecule has 0 N–H and O–H groups in total. The number of halogens is 1. The highest BCUT2D eigenvalue weighted by atomic mass is 79.9. The molecule has 0 radical (unpaired) electrons. The van der Waals surface area contributed by atoms with E-state index in [2.05, 4.69) is 20.9 Å². The zero-order valence-corrected chi connectivity index (χ0v) is 7.97. The molecule has 1 aromatic heterocycles. The van der Waals surface area contributed by atoms with Gasteiger partial charge in [-0.05, 0) is 13.0 Å². The molecular formula is C8H10BrNO. The summed E-state index contributed by atoms with van der Waals surface area (Å²) in [7, 11) is 0. The van der Waals surface area contributed by atoms with Crippen LogP contribution in [0.5, 0.6) is 5.88 Å². The second-order valence-corrected chi connectivity index (χ2v) is 2.60. The molecule has 0 saturated carbocycles. The third-order valence-corrected chi connectivity index (χ3v) is 1.88. The Balaban J connectivity index is 2.83. The van der Waals surface area contributed by atoms with Crippen LogP contribution in [0.25, 0.3) is 0 Å². The summed E-state index contributed by atoms with van der Waals surface area (Å²) in [5, 5.41) is 0.788. The summed E-state index contributed by atoms with van der Waals surface area (Å²) in [4.78, 5) is 4.09. The third-order valence-electron chi connectivity index (χ3n) is 1.27. The topological polar surface area (TPSA) is 22.1 Å². The van der Waals surface area contributed by atoms with Gasteiger partial charge in [0.05, 0.1) is 6.61 Å². The molecule has 0 aliphatic heterocycles. The molecule has 0 atom stereocenters. The highest BCUT2D eigenvalue weighted by Crippen LogP contribution is 2.16. The largest absolute Gasteiger partial charge is 0.478 e. The molecule has 0 amide bonds. The van der Waals surface area contributed by atoms with Crippen molar-refractivity contribution in [3.8, 4) is 5.88 Å². The first-order valence-electron chi connectivity index (χ1n) is 3.51. The maximum Gasteiger partial charge on any atom is 0.217 e. The summed E-state index contributed by atoms with van der Waals surface area (Å²) in [6.07, 6.45) is 1.73. The molecule has 0 aliphatic rings. The fourth-order valence-corrected chi connectivity index (χ4v) is 1.22. The van der Waals surface area contributed by atoms with Gasteiger partial charge in [-0.3, -0.25) is 0 Å². The van der Waals surface area contributed by atoms with Gasteiger partial charge in [0.2, 0.25) is 5.88 Å². The molecule has 0 bridgehead atoms. The quantitative estimate of drug-likeness (QED) is 0.723. The van der Waals surface area contributed by atoms with Gasteiger partial charge in [0.1, 0.15) is 0 Å².